The molecular weight excluding hydrogens is 274 g/mol. The van der Waals surface area contributed by atoms with Crippen LogP contribution in [-0.4, -0.2) is 18.5 Å². The molecule has 20 heavy (non-hydrogen) atoms. The van der Waals surface area contributed by atoms with Gasteiger partial charge in [-0.05, 0) is 37.4 Å². The van der Waals surface area contributed by atoms with Crippen LogP contribution in [0.4, 0.5) is 5.00 Å². The number of hydrogen-bond acceptors (Lipinski definition) is 4. The Kier molecular flexibility index (Phi) is 4.53. The fourth-order valence-electron chi connectivity index (χ4n) is 1.66. The van der Waals surface area contributed by atoms with Gasteiger partial charge in [0.15, 0.2) is 0 Å². The second-order valence-corrected chi connectivity index (χ2v) is 5.12. The van der Waals surface area contributed by atoms with Crippen molar-refractivity contribution in [3.05, 3.63) is 52.4 Å². The Balaban J connectivity index is 2.14. The number of carbonyl (C=O) groups is 2. The minimum Gasteiger partial charge on any atom is -0.462 e. The van der Waals surface area contributed by atoms with Crippen molar-refractivity contribution in [1.82, 2.24) is 0 Å². The highest BCUT2D eigenvalue weighted by Gasteiger charge is 2.16. The standard InChI is InChI=1S/C15H15NO3S/c1-3-19-15(18)12-8-9-20-14(12)16-13(17)11-6-4-10(2)5-7-11/h4-9H,3H2,1-2H3,(H,16,17). The Bertz CT molecular complexity index is 616. The molecule has 5 heteroatoms. The number of amides is 1. The number of rotatable bonds is 4. The molecule has 0 atom stereocenters. The van der Waals surface area contributed by atoms with Crippen LogP contribution in [0.2, 0.25) is 0 Å². The molecule has 0 aliphatic rings. The van der Waals surface area contributed by atoms with E-state index in [1.807, 2.05) is 19.1 Å². The van der Waals surface area contributed by atoms with Crippen molar-refractivity contribution >= 4 is 28.2 Å². The van der Waals surface area contributed by atoms with Gasteiger partial charge >= 0.3 is 5.97 Å². The highest BCUT2D eigenvalue weighted by Crippen LogP contribution is 2.24. The zero-order valence-corrected chi connectivity index (χ0v) is 12.1. The Morgan fingerprint density at radius 1 is 1.20 bits per heavy atom. The third kappa shape index (κ3) is 3.24. The van der Waals surface area contributed by atoms with Crippen LogP contribution in [0.5, 0.6) is 0 Å². The van der Waals surface area contributed by atoms with Crippen molar-refractivity contribution in [1.29, 1.82) is 0 Å². The van der Waals surface area contributed by atoms with Gasteiger partial charge in [0.05, 0.1) is 12.2 Å². The topological polar surface area (TPSA) is 55.4 Å². The lowest BCUT2D eigenvalue weighted by atomic mass is 10.1. The van der Waals surface area contributed by atoms with Gasteiger partial charge in [0.25, 0.3) is 5.91 Å². The smallest absolute Gasteiger partial charge is 0.341 e. The summed E-state index contributed by atoms with van der Waals surface area (Å²) in [5.74, 6) is -0.661. The van der Waals surface area contributed by atoms with Crippen LogP contribution in [0, 0.1) is 6.92 Å². The number of hydrogen-bond donors (Lipinski definition) is 1. The summed E-state index contributed by atoms with van der Waals surface area (Å²) in [6.45, 7) is 4.01. The Morgan fingerprint density at radius 3 is 2.55 bits per heavy atom. The van der Waals surface area contributed by atoms with E-state index in [9.17, 15) is 9.59 Å². The van der Waals surface area contributed by atoms with E-state index < -0.39 is 5.97 Å². The molecule has 0 aliphatic carbocycles. The molecule has 0 saturated carbocycles. The van der Waals surface area contributed by atoms with Crippen LogP contribution in [0.3, 0.4) is 0 Å². The normalized spacial score (nSPS) is 10.1. The monoisotopic (exact) mass is 289 g/mol. The third-order valence-corrected chi connectivity index (χ3v) is 3.53. The lowest BCUT2D eigenvalue weighted by Crippen LogP contribution is -2.14. The zero-order chi connectivity index (χ0) is 14.5. The summed E-state index contributed by atoms with van der Waals surface area (Å²) >= 11 is 1.30. The molecule has 0 fully saturated rings. The van der Waals surface area contributed by atoms with Crippen LogP contribution in [0.25, 0.3) is 0 Å². The van der Waals surface area contributed by atoms with Gasteiger partial charge in [-0.1, -0.05) is 17.7 Å². The maximum absolute atomic E-state index is 12.1. The molecule has 104 valence electrons. The molecular formula is C15H15NO3S. The molecule has 1 aromatic heterocycles. The molecule has 0 aliphatic heterocycles. The van der Waals surface area contributed by atoms with Gasteiger partial charge in [-0.15, -0.1) is 11.3 Å². The maximum Gasteiger partial charge on any atom is 0.341 e. The molecule has 0 unspecified atom stereocenters. The molecule has 4 nitrogen and oxygen atoms in total. The predicted molar refractivity (Wildman–Crippen MR) is 79.4 cm³/mol. The second-order valence-electron chi connectivity index (χ2n) is 4.20. The van der Waals surface area contributed by atoms with Crippen molar-refractivity contribution in [2.45, 2.75) is 13.8 Å². The number of nitrogens with one attached hydrogen (secondary N) is 1. The van der Waals surface area contributed by atoms with E-state index in [1.165, 1.54) is 11.3 Å². The molecule has 1 heterocycles. The van der Waals surface area contributed by atoms with Crippen LogP contribution in [0.15, 0.2) is 35.7 Å². The second kappa shape index (κ2) is 6.34. The lowest BCUT2D eigenvalue weighted by molar-refractivity contribution is 0.0528. The molecule has 0 spiro atoms. The zero-order valence-electron chi connectivity index (χ0n) is 11.3. The fraction of sp³-hybridized carbons (Fsp3) is 0.200. The third-order valence-electron chi connectivity index (χ3n) is 2.70. The van der Waals surface area contributed by atoms with Crippen molar-refractivity contribution < 1.29 is 14.3 Å². The highest BCUT2D eigenvalue weighted by molar-refractivity contribution is 7.14. The number of ether oxygens (including phenoxy) is 1. The summed E-state index contributed by atoms with van der Waals surface area (Å²) in [5, 5.41) is 5.00. The summed E-state index contributed by atoms with van der Waals surface area (Å²) in [7, 11) is 0. The van der Waals surface area contributed by atoms with Crippen LogP contribution in [0.1, 0.15) is 33.2 Å². The number of anilines is 1. The number of esters is 1. The molecule has 1 N–H and O–H groups in total. The number of aryl methyl sites for hydroxylation is 1. The minimum absolute atomic E-state index is 0.238. The minimum atomic E-state index is -0.423. The fourth-order valence-corrected chi connectivity index (χ4v) is 2.43. The quantitative estimate of drug-likeness (QED) is 0.877. The summed E-state index contributed by atoms with van der Waals surface area (Å²) in [5.41, 5.74) is 2.03. The van der Waals surface area contributed by atoms with Crippen molar-refractivity contribution in [3.63, 3.8) is 0 Å². The number of carbonyl (C=O) groups excluding carboxylic acids is 2. The van der Waals surface area contributed by atoms with Gasteiger partial charge in [-0.3, -0.25) is 4.79 Å². The highest BCUT2D eigenvalue weighted by atomic mass is 32.1. The summed E-state index contributed by atoms with van der Waals surface area (Å²) in [6.07, 6.45) is 0. The van der Waals surface area contributed by atoms with E-state index in [-0.39, 0.29) is 5.91 Å². The molecule has 0 radical (unpaired) electrons. The van der Waals surface area contributed by atoms with E-state index >= 15 is 0 Å². The molecule has 0 bridgehead atoms. The summed E-state index contributed by atoms with van der Waals surface area (Å²) in [4.78, 5) is 23.8. The Labute approximate surface area is 121 Å². The van der Waals surface area contributed by atoms with E-state index in [0.717, 1.165) is 5.56 Å². The van der Waals surface area contributed by atoms with Gasteiger partial charge in [0, 0.05) is 5.56 Å². The van der Waals surface area contributed by atoms with E-state index in [1.54, 1.807) is 30.5 Å². The van der Waals surface area contributed by atoms with Crippen LogP contribution >= 0.6 is 11.3 Å². The lowest BCUT2D eigenvalue weighted by Gasteiger charge is -2.06. The SMILES string of the molecule is CCOC(=O)c1ccsc1NC(=O)c1ccc(C)cc1. The maximum atomic E-state index is 12.1. The first kappa shape index (κ1) is 14.3. The van der Waals surface area contributed by atoms with Gasteiger partial charge in [0.1, 0.15) is 5.00 Å². The van der Waals surface area contributed by atoms with Crippen molar-refractivity contribution in [2.24, 2.45) is 0 Å². The van der Waals surface area contributed by atoms with E-state index in [4.69, 9.17) is 4.74 Å². The first-order valence-corrected chi connectivity index (χ1v) is 7.12. The number of thiophene rings is 1. The van der Waals surface area contributed by atoms with Crippen molar-refractivity contribution in [2.75, 3.05) is 11.9 Å². The average Bonchev–Trinajstić information content (AvgIpc) is 2.88. The van der Waals surface area contributed by atoms with Gasteiger partial charge < -0.3 is 10.1 Å². The largest absolute Gasteiger partial charge is 0.462 e. The first-order chi connectivity index (χ1) is 9.61. The Hall–Kier alpha value is -2.14. The predicted octanol–water partition coefficient (Wildman–Crippen LogP) is 3.49. The van der Waals surface area contributed by atoms with Crippen LogP contribution < -0.4 is 5.32 Å². The summed E-state index contributed by atoms with van der Waals surface area (Å²) in [6, 6.07) is 8.89. The van der Waals surface area contributed by atoms with Gasteiger partial charge in [-0.25, -0.2) is 4.79 Å². The summed E-state index contributed by atoms with van der Waals surface area (Å²) < 4.78 is 4.95. The van der Waals surface area contributed by atoms with Gasteiger partial charge in [-0.2, -0.15) is 0 Å². The average molecular weight is 289 g/mol. The molecule has 2 rings (SSSR count). The first-order valence-electron chi connectivity index (χ1n) is 6.24. The number of benzene rings is 1. The van der Waals surface area contributed by atoms with E-state index in [0.29, 0.717) is 22.7 Å². The molecule has 0 saturated heterocycles. The van der Waals surface area contributed by atoms with Crippen molar-refractivity contribution in [3.8, 4) is 0 Å². The molecule has 1 aromatic carbocycles. The van der Waals surface area contributed by atoms with E-state index in [2.05, 4.69) is 5.32 Å². The Morgan fingerprint density at radius 2 is 1.90 bits per heavy atom. The van der Waals surface area contributed by atoms with Crippen LogP contribution in [-0.2, 0) is 4.74 Å². The molecule has 2 aromatic rings. The van der Waals surface area contributed by atoms with Gasteiger partial charge in [0.2, 0.25) is 0 Å². The molecule has 1 amide bonds.